The minimum absolute atomic E-state index is 0.106. The van der Waals surface area contributed by atoms with Crippen LogP contribution in [0.15, 0.2) is 18.2 Å². The van der Waals surface area contributed by atoms with Crippen molar-refractivity contribution in [1.82, 2.24) is 0 Å². The van der Waals surface area contributed by atoms with Crippen LogP contribution in [0.25, 0.3) is 6.08 Å². The lowest BCUT2D eigenvalue weighted by Gasteiger charge is -2.02. The molecule has 0 aliphatic heterocycles. The van der Waals surface area contributed by atoms with Crippen molar-refractivity contribution >= 4 is 12.0 Å². The van der Waals surface area contributed by atoms with E-state index in [4.69, 9.17) is 0 Å². The SMILES string of the molecule is COC(=O)CC=Cc1ccc(F)c(F)c1C. The number of ether oxygens (including phenoxy) is 1. The fourth-order valence-electron chi connectivity index (χ4n) is 1.21. The molecule has 1 aromatic carbocycles. The van der Waals surface area contributed by atoms with E-state index in [-0.39, 0.29) is 18.0 Å². The van der Waals surface area contributed by atoms with Crippen molar-refractivity contribution < 1.29 is 18.3 Å². The molecule has 0 bridgehead atoms. The number of rotatable bonds is 3. The molecule has 4 heteroatoms. The van der Waals surface area contributed by atoms with E-state index in [1.54, 1.807) is 12.2 Å². The molecule has 1 aromatic rings. The van der Waals surface area contributed by atoms with Gasteiger partial charge in [-0.3, -0.25) is 4.79 Å². The summed E-state index contributed by atoms with van der Waals surface area (Å²) in [6.07, 6.45) is 3.22. The van der Waals surface area contributed by atoms with Crippen LogP contribution in [0.1, 0.15) is 17.5 Å². The first-order valence-electron chi connectivity index (χ1n) is 4.74. The van der Waals surface area contributed by atoms with Gasteiger partial charge in [0.15, 0.2) is 11.6 Å². The molecule has 0 aliphatic rings. The molecule has 0 atom stereocenters. The number of hydrogen-bond donors (Lipinski definition) is 0. The zero-order valence-corrected chi connectivity index (χ0v) is 9.09. The Morgan fingerprint density at radius 3 is 2.75 bits per heavy atom. The van der Waals surface area contributed by atoms with Crippen molar-refractivity contribution in [3.05, 3.63) is 41.0 Å². The second-order valence-corrected chi connectivity index (χ2v) is 3.26. The summed E-state index contributed by atoms with van der Waals surface area (Å²) in [5, 5.41) is 0. The largest absolute Gasteiger partial charge is 0.469 e. The standard InChI is InChI=1S/C12H12F2O2/c1-8-9(4-3-5-11(15)16-2)6-7-10(13)12(8)14/h3-4,6-7H,5H2,1-2H3. The van der Waals surface area contributed by atoms with Crippen LogP contribution in [0, 0.1) is 18.6 Å². The van der Waals surface area contributed by atoms with Crippen molar-refractivity contribution in [1.29, 1.82) is 0 Å². The molecule has 0 aliphatic carbocycles. The maximum Gasteiger partial charge on any atom is 0.309 e. The fraction of sp³-hybridized carbons (Fsp3) is 0.250. The van der Waals surface area contributed by atoms with Crippen molar-refractivity contribution in [2.45, 2.75) is 13.3 Å². The number of methoxy groups -OCH3 is 1. The lowest BCUT2D eigenvalue weighted by molar-refractivity contribution is -0.139. The molecule has 0 saturated heterocycles. The zero-order valence-electron chi connectivity index (χ0n) is 9.09. The molecular weight excluding hydrogens is 214 g/mol. The molecule has 86 valence electrons. The van der Waals surface area contributed by atoms with Crippen molar-refractivity contribution in [3.63, 3.8) is 0 Å². The van der Waals surface area contributed by atoms with E-state index in [0.717, 1.165) is 6.07 Å². The highest BCUT2D eigenvalue weighted by atomic mass is 19.2. The minimum atomic E-state index is -0.873. The summed E-state index contributed by atoms with van der Waals surface area (Å²) in [6, 6.07) is 2.52. The van der Waals surface area contributed by atoms with Gasteiger partial charge >= 0.3 is 5.97 Å². The molecule has 1 rings (SSSR count). The highest BCUT2D eigenvalue weighted by Gasteiger charge is 2.07. The average molecular weight is 226 g/mol. The summed E-state index contributed by atoms with van der Waals surface area (Å²) in [6.45, 7) is 1.48. The van der Waals surface area contributed by atoms with Gasteiger partial charge in [0.05, 0.1) is 13.5 Å². The highest BCUT2D eigenvalue weighted by molar-refractivity contribution is 5.72. The molecule has 0 N–H and O–H groups in total. The summed E-state index contributed by atoms with van der Waals surface area (Å²) in [5.41, 5.74) is 0.768. The Balaban J connectivity index is 2.82. The van der Waals surface area contributed by atoms with Crippen LogP contribution in [0.2, 0.25) is 0 Å². The Labute approximate surface area is 92.5 Å². The van der Waals surface area contributed by atoms with Crippen molar-refractivity contribution in [2.75, 3.05) is 7.11 Å². The molecular formula is C12H12F2O2. The van der Waals surface area contributed by atoms with Gasteiger partial charge in [-0.15, -0.1) is 0 Å². The van der Waals surface area contributed by atoms with Crippen LogP contribution in [0.4, 0.5) is 8.78 Å². The van der Waals surface area contributed by atoms with Gasteiger partial charge in [-0.25, -0.2) is 8.78 Å². The summed E-state index contributed by atoms with van der Waals surface area (Å²) < 4.78 is 30.4. The Kier molecular flexibility index (Phi) is 4.17. The van der Waals surface area contributed by atoms with Gasteiger partial charge in [0, 0.05) is 0 Å². The molecule has 16 heavy (non-hydrogen) atoms. The average Bonchev–Trinajstić information content (AvgIpc) is 2.29. The van der Waals surface area contributed by atoms with Crippen LogP contribution in [-0.4, -0.2) is 13.1 Å². The van der Waals surface area contributed by atoms with E-state index >= 15 is 0 Å². The molecule has 0 saturated carbocycles. The molecule has 2 nitrogen and oxygen atoms in total. The minimum Gasteiger partial charge on any atom is -0.469 e. The Hall–Kier alpha value is -1.71. The van der Waals surface area contributed by atoms with Crippen LogP contribution in [0.3, 0.4) is 0 Å². The highest BCUT2D eigenvalue weighted by Crippen LogP contribution is 2.17. The lowest BCUT2D eigenvalue weighted by Crippen LogP contribution is -1.97. The number of esters is 1. The molecule has 0 fully saturated rings. The molecule has 0 radical (unpaired) electrons. The van der Waals surface area contributed by atoms with Gasteiger partial charge in [-0.05, 0) is 24.1 Å². The topological polar surface area (TPSA) is 26.3 Å². The molecule has 0 aromatic heterocycles. The number of benzene rings is 1. The van der Waals surface area contributed by atoms with Crippen LogP contribution >= 0.6 is 0 Å². The second-order valence-electron chi connectivity index (χ2n) is 3.26. The van der Waals surface area contributed by atoms with Crippen LogP contribution < -0.4 is 0 Å². The maximum absolute atomic E-state index is 13.1. The Morgan fingerprint density at radius 1 is 1.44 bits per heavy atom. The van der Waals surface area contributed by atoms with Crippen LogP contribution in [0.5, 0.6) is 0 Å². The van der Waals surface area contributed by atoms with E-state index in [0.29, 0.717) is 5.56 Å². The molecule has 0 spiro atoms. The monoisotopic (exact) mass is 226 g/mol. The van der Waals surface area contributed by atoms with E-state index in [2.05, 4.69) is 4.74 Å². The summed E-state index contributed by atoms with van der Waals surface area (Å²) in [5.74, 6) is -2.11. The van der Waals surface area contributed by atoms with Gasteiger partial charge in [0.2, 0.25) is 0 Å². The predicted octanol–water partition coefficient (Wildman–Crippen LogP) is 2.85. The van der Waals surface area contributed by atoms with Gasteiger partial charge in [0.25, 0.3) is 0 Å². The molecule has 0 unspecified atom stereocenters. The van der Waals surface area contributed by atoms with Gasteiger partial charge in [0.1, 0.15) is 0 Å². The van der Waals surface area contributed by atoms with E-state index in [1.165, 1.54) is 20.1 Å². The smallest absolute Gasteiger partial charge is 0.309 e. The van der Waals surface area contributed by atoms with E-state index < -0.39 is 11.6 Å². The Morgan fingerprint density at radius 2 is 2.12 bits per heavy atom. The fourth-order valence-corrected chi connectivity index (χ4v) is 1.21. The van der Waals surface area contributed by atoms with Crippen LogP contribution in [-0.2, 0) is 9.53 Å². The number of carbonyl (C=O) groups is 1. The summed E-state index contributed by atoms with van der Waals surface area (Å²) >= 11 is 0. The first-order chi connectivity index (χ1) is 7.56. The number of carbonyl (C=O) groups excluding carboxylic acids is 1. The normalized spacial score (nSPS) is 10.8. The van der Waals surface area contributed by atoms with Crippen molar-refractivity contribution in [2.24, 2.45) is 0 Å². The van der Waals surface area contributed by atoms with Gasteiger partial charge < -0.3 is 4.74 Å². The third-order valence-electron chi connectivity index (χ3n) is 2.19. The van der Waals surface area contributed by atoms with Gasteiger partial charge in [-0.2, -0.15) is 0 Å². The zero-order chi connectivity index (χ0) is 12.1. The summed E-state index contributed by atoms with van der Waals surface area (Å²) in [7, 11) is 1.29. The first kappa shape index (κ1) is 12.4. The third-order valence-corrected chi connectivity index (χ3v) is 2.19. The number of hydrogen-bond acceptors (Lipinski definition) is 2. The predicted molar refractivity (Wildman–Crippen MR) is 56.8 cm³/mol. The summed E-state index contributed by atoms with van der Waals surface area (Å²) in [4.78, 5) is 10.8. The first-order valence-corrected chi connectivity index (χ1v) is 4.74. The molecule has 0 heterocycles. The van der Waals surface area contributed by atoms with E-state index in [9.17, 15) is 13.6 Å². The maximum atomic E-state index is 13.1. The van der Waals surface area contributed by atoms with Gasteiger partial charge in [-0.1, -0.05) is 18.2 Å². The quantitative estimate of drug-likeness (QED) is 0.741. The van der Waals surface area contributed by atoms with E-state index in [1.807, 2.05) is 0 Å². The molecule has 0 amide bonds. The van der Waals surface area contributed by atoms with Crippen molar-refractivity contribution in [3.8, 4) is 0 Å². The third kappa shape index (κ3) is 2.89. The Bertz CT molecular complexity index is 425. The lowest BCUT2D eigenvalue weighted by atomic mass is 10.1. The number of halogens is 2. The second kappa shape index (κ2) is 5.39.